The first-order chi connectivity index (χ1) is 4.88. The van der Waals surface area contributed by atoms with Crippen LogP contribution in [0, 0.1) is 0 Å². The number of hydrogen-bond donors (Lipinski definition) is 0. The summed E-state index contributed by atoms with van der Waals surface area (Å²) >= 11 is 4.93. The summed E-state index contributed by atoms with van der Waals surface area (Å²) in [6, 6.07) is 1.71. The minimum absolute atomic E-state index is 0.549. The fourth-order valence-electron chi connectivity index (χ4n) is 0.717. The van der Waals surface area contributed by atoms with Gasteiger partial charge in [-0.3, -0.25) is 0 Å². The van der Waals surface area contributed by atoms with Gasteiger partial charge < -0.3 is 0 Å². The van der Waals surface area contributed by atoms with Crippen molar-refractivity contribution >= 4 is 18.4 Å². The highest BCUT2D eigenvalue weighted by atomic mass is 32.1. The molecule has 0 aliphatic carbocycles. The zero-order chi connectivity index (χ0) is 6.97. The molecule has 0 aliphatic rings. The minimum Gasteiger partial charge on any atom is -0.220 e. The van der Waals surface area contributed by atoms with Gasteiger partial charge in [0.05, 0.1) is 0 Å². The summed E-state index contributed by atoms with van der Waals surface area (Å²) < 4.78 is 1.51. The van der Waals surface area contributed by atoms with Crippen LogP contribution in [0.2, 0.25) is 0 Å². The third-order valence-corrected chi connectivity index (χ3v) is 1.45. The van der Waals surface area contributed by atoms with Crippen molar-refractivity contribution in [2.45, 2.75) is 5.03 Å². The quantitative estimate of drug-likeness (QED) is 0.520. The van der Waals surface area contributed by atoms with E-state index >= 15 is 0 Å². The Labute approximate surface area is 62.3 Å². The second-order valence-corrected chi connectivity index (χ2v) is 2.17. The van der Waals surface area contributed by atoms with Gasteiger partial charge in [0, 0.05) is 6.20 Å². The molecule has 0 aliphatic heterocycles. The maximum Gasteiger partial charge on any atom is 0.253 e. The van der Waals surface area contributed by atoms with Gasteiger partial charge in [-0.2, -0.15) is 14.6 Å². The molecule has 0 spiro atoms. The van der Waals surface area contributed by atoms with Crippen molar-refractivity contribution in [1.82, 2.24) is 19.6 Å². The lowest BCUT2D eigenvalue weighted by Gasteiger charge is -1.90. The Bertz CT molecular complexity index is 355. The number of fused-ring (bicyclic) bond motifs is 1. The molecule has 0 N–H and O–H groups in total. The van der Waals surface area contributed by atoms with E-state index in [-0.39, 0.29) is 0 Å². The molecule has 0 amide bonds. The van der Waals surface area contributed by atoms with E-state index in [1.54, 1.807) is 12.3 Å². The van der Waals surface area contributed by atoms with E-state index in [2.05, 4.69) is 15.1 Å². The van der Waals surface area contributed by atoms with Crippen LogP contribution in [0.4, 0.5) is 0 Å². The molecule has 0 bridgehead atoms. The molecule has 0 unspecified atom stereocenters. The van der Waals surface area contributed by atoms with Crippen molar-refractivity contribution in [3.63, 3.8) is 0 Å². The summed E-state index contributed by atoms with van der Waals surface area (Å²) in [6.07, 6.45) is 3.05. The normalized spacial score (nSPS) is 10.4. The van der Waals surface area contributed by atoms with Crippen LogP contribution in [-0.4, -0.2) is 19.6 Å². The fraction of sp³-hybridized carbons (Fsp3) is 0. The molecule has 49 valence electrons. The first-order valence-electron chi connectivity index (χ1n) is 2.70. The number of nitrogens with zero attached hydrogens (tertiary/aromatic N) is 4. The lowest BCUT2D eigenvalue weighted by Crippen LogP contribution is -1.91. The van der Waals surface area contributed by atoms with Crippen LogP contribution in [0.1, 0.15) is 0 Å². The van der Waals surface area contributed by atoms with Crippen LogP contribution in [0.5, 0.6) is 0 Å². The van der Waals surface area contributed by atoms with Gasteiger partial charge in [-0.1, -0.05) is 12.6 Å². The standard InChI is InChI=1S/C5H3N4S/c10-4-1-2-6-5-7-3-8-9(4)5/h1-3H. The Morgan fingerprint density at radius 1 is 1.40 bits per heavy atom. The lowest BCUT2D eigenvalue weighted by molar-refractivity contribution is 0.846. The molecular formula is C5H3N4S. The minimum atomic E-state index is 0.549. The number of rotatable bonds is 0. The van der Waals surface area contributed by atoms with Crippen LogP contribution in [-0.2, 0) is 0 Å². The molecule has 2 rings (SSSR count). The van der Waals surface area contributed by atoms with E-state index in [1.807, 2.05) is 0 Å². The third-order valence-electron chi connectivity index (χ3n) is 1.15. The first-order valence-corrected chi connectivity index (χ1v) is 3.10. The predicted molar refractivity (Wildman–Crippen MR) is 36.6 cm³/mol. The van der Waals surface area contributed by atoms with Crippen molar-refractivity contribution in [3.8, 4) is 0 Å². The molecule has 2 aromatic rings. The molecule has 0 fully saturated rings. The smallest absolute Gasteiger partial charge is 0.220 e. The summed E-state index contributed by atoms with van der Waals surface area (Å²) in [5.41, 5.74) is 0. The monoisotopic (exact) mass is 151 g/mol. The van der Waals surface area contributed by atoms with Gasteiger partial charge >= 0.3 is 0 Å². The van der Waals surface area contributed by atoms with Crippen molar-refractivity contribution in [2.24, 2.45) is 0 Å². The summed E-state index contributed by atoms with van der Waals surface area (Å²) in [4.78, 5) is 7.78. The number of aromatic nitrogens is 4. The second-order valence-electron chi connectivity index (χ2n) is 1.75. The summed E-state index contributed by atoms with van der Waals surface area (Å²) in [6.45, 7) is 0. The topological polar surface area (TPSA) is 43.1 Å². The van der Waals surface area contributed by atoms with Crippen molar-refractivity contribution < 1.29 is 0 Å². The predicted octanol–water partition coefficient (Wildman–Crippen LogP) is 0.681. The van der Waals surface area contributed by atoms with E-state index in [0.29, 0.717) is 10.8 Å². The molecule has 1 radical (unpaired) electrons. The maximum absolute atomic E-state index is 4.93. The molecule has 0 saturated heterocycles. The molecule has 0 aromatic carbocycles. The highest BCUT2D eigenvalue weighted by molar-refractivity contribution is 7.80. The Hall–Kier alpha value is -1.23. The highest BCUT2D eigenvalue weighted by Gasteiger charge is 1.97. The Morgan fingerprint density at radius 3 is 3.10 bits per heavy atom. The number of hydrogen-bond acceptors (Lipinski definition) is 3. The van der Waals surface area contributed by atoms with Crippen LogP contribution in [0.25, 0.3) is 5.78 Å². The highest BCUT2D eigenvalue weighted by Crippen LogP contribution is 2.03. The van der Waals surface area contributed by atoms with E-state index in [9.17, 15) is 0 Å². The molecule has 2 heterocycles. The van der Waals surface area contributed by atoms with Gasteiger partial charge in [-0.05, 0) is 6.07 Å². The van der Waals surface area contributed by atoms with E-state index in [1.165, 1.54) is 10.8 Å². The first kappa shape index (κ1) is 5.55. The maximum atomic E-state index is 4.93. The van der Waals surface area contributed by atoms with Crippen molar-refractivity contribution in [1.29, 1.82) is 0 Å². The molecular weight excluding hydrogens is 148 g/mol. The van der Waals surface area contributed by atoms with Crippen LogP contribution >= 0.6 is 12.6 Å². The lowest BCUT2D eigenvalue weighted by atomic mass is 10.7. The van der Waals surface area contributed by atoms with Crippen LogP contribution in [0.15, 0.2) is 23.6 Å². The Balaban J connectivity index is 2.95. The summed E-state index contributed by atoms with van der Waals surface area (Å²) in [7, 11) is 0. The molecule has 10 heavy (non-hydrogen) atoms. The van der Waals surface area contributed by atoms with Crippen molar-refractivity contribution in [2.75, 3.05) is 0 Å². The van der Waals surface area contributed by atoms with Crippen LogP contribution < -0.4 is 0 Å². The van der Waals surface area contributed by atoms with Crippen molar-refractivity contribution in [3.05, 3.63) is 18.6 Å². The fourth-order valence-corrected chi connectivity index (χ4v) is 0.907. The average molecular weight is 151 g/mol. The second kappa shape index (κ2) is 1.88. The van der Waals surface area contributed by atoms with E-state index in [0.717, 1.165) is 0 Å². The van der Waals surface area contributed by atoms with Crippen LogP contribution in [0.3, 0.4) is 0 Å². The molecule has 5 heteroatoms. The molecule has 2 aromatic heterocycles. The molecule has 0 atom stereocenters. The third kappa shape index (κ3) is 0.640. The molecule has 0 saturated carbocycles. The average Bonchev–Trinajstić information content (AvgIpc) is 2.36. The van der Waals surface area contributed by atoms with E-state index < -0.39 is 0 Å². The van der Waals surface area contributed by atoms with Gasteiger partial charge in [0.1, 0.15) is 11.4 Å². The van der Waals surface area contributed by atoms with Gasteiger partial charge in [-0.15, -0.1) is 0 Å². The summed E-state index contributed by atoms with van der Waals surface area (Å²) in [5.74, 6) is 0.549. The van der Waals surface area contributed by atoms with Gasteiger partial charge in [0.25, 0.3) is 5.78 Å². The largest absolute Gasteiger partial charge is 0.253 e. The molecule has 4 nitrogen and oxygen atoms in total. The Kier molecular flexibility index (Phi) is 1.04. The van der Waals surface area contributed by atoms with Gasteiger partial charge in [0.15, 0.2) is 0 Å². The van der Waals surface area contributed by atoms with Gasteiger partial charge in [0.2, 0.25) is 0 Å². The SMILES string of the molecule is [S]c1ccnc2ncnn12. The van der Waals surface area contributed by atoms with Gasteiger partial charge in [-0.25, -0.2) is 4.98 Å². The Morgan fingerprint density at radius 2 is 2.30 bits per heavy atom. The zero-order valence-electron chi connectivity index (χ0n) is 4.93. The summed E-state index contributed by atoms with van der Waals surface area (Å²) in [5, 5.41) is 4.48. The zero-order valence-corrected chi connectivity index (χ0v) is 5.75. The van der Waals surface area contributed by atoms with E-state index in [4.69, 9.17) is 12.6 Å².